The molecule has 0 bridgehead atoms. The molecule has 2 atom stereocenters. The zero-order valence-corrected chi connectivity index (χ0v) is 21.6. The van der Waals surface area contributed by atoms with E-state index in [4.69, 9.17) is 21.1 Å². The molecule has 3 aromatic rings. The highest BCUT2D eigenvalue weighted by atomic mass is 35.5. The largest absolute Gasteiger partial charge is 0.394 e. The first-order valence-electron chi connectivity index (χ1n) is 11.0. The predicted molar refractivity (Wildman–Crippen MR) is 127 cm³/mol. The molecular formula is C20H23ClF2N6O5S2. The maximum absolute atomic E-state index is 13.4. The number of imidazole rings is 1. The number of hydrogen-bond acceptors (Lipinski definition) is 10. The van der Waals surface area contributed by atoms with Gasteiger partial charge in [-0.3, -0.25) is 4.40 Å². The van der Waals surface area contributed by atoms with Gasteiger partial charge >= 0.3 is 0 Å². The number of aromatic nitrogens is 4. The number of hydrogen-bond donors (Lipinski definition) is 2. The molecule has 5 rings (SSSR count). The van der Waals surface area contributed by atoms with Gasteiger partial charge < -0.3 is 19.5 Å². The van der Waals surface area contributed by atoms with Gasteiger partial charge in [-0.1, -0.05) is 22.9 Å². The minimum absolute atomic E-state index is 0.0322. The Balaban J connectivity index is 1.69. The predicted octanol–water partition coefficient (Wildman–Crippen LogP) is 2.10. The summed E-state index contributed by atoms with van der Waals surface area (Å²) in [7, 11) is -4.04. The van der Waals surface area contributed by atoms with Crippen LogP contribution in [-0.4, -0.2) is 83.8 Å². The summed E-state index contributed by atoms with van der Waals surface area (Å²) in [5.74, 6) is 0.0795. The number of sulfonamides is 1. The first-order valence-corrected chi connectivity index (χ1v) is 13.6. The molecule has 0 aliphatic carbocycles. The SMILES string of the molecule is C[C@H]1CN(c2cc(S(=O)(=O)NC3(C)COC3)cn3c(-c4nnc(C(F)F)s4)nc(Cl)c23)C[C@H](CO)O1. The molecule has 2 aliphatic rings. The number of nitrogens with zero attached hydrogens (tertiary/aromatic N) is 5. The van der Waals surface area contributed by atoms with Gasteiger partial charge in [0, 0.05) is 19.3 Å². The number of fused-ring (bicyclic) bond motifs is 1. The molecule has 0 radical (unpaired) electrons. The van der Waals surface area contributed by atoms with Crippen molar-refractivity contribution in [3.8, 4) is 10.8 Å². The fourth-order valence-corrected chi connectivity index (χ4v) is 6.62. The van der Waals surface area contributed by atoms with Gasteiger partial charge in [-0.25, -0.2) is 26.9 Å². The van der Waals surface area contributed by atoms with E-state index in [1.807, 2.05) is 11.8 Å². The van der Waals surface area contributed by atoms with Gasteiger partial charge in [-0.15, -0.1) is 10.2 Å². The standard InChI is InChI=1S/C20H23ClF2N6O5S2/c1-10-4-28(5-11(7-30)34-10)13-3-12(36(31,32)27-20(2)8-33-9-20)6-29-14(13)15(21)24-17(29)19-26-25-18(35-19)16(22)23/h3,6,10-11,16,27,30H,4-5,7-9H2,1-2H3/t10-,11+/m0/s1. The van der Waals surface area contributed by atoms with Crippen molar-refractivity contribution in [1.82, 2.24) is 24.3 Å². The lowest BCUT2D eigenvalue weighted by Gasteiger charge is -2.39. The summed E-state index contributed by atoms with van der Waals surface area (Å²) in [4.78, 5) is 6.09. The zero-order chi connectivity index (χ0) is 25.8. The van der Waals surface area contributed by atoms with Crippen LogP contribution in [0.3, 0.4) is 0 Å². The van der Waals surface area contributed by atoms with E-state index in [0.29, 0.717) is 29.1 Å². The van der Waals surface area contributed by atoms with Crippen LogP contribution in [0.15, 0.2) is 17.2 Å². The molecule has 2 N–H and O–H groups in total. The van der Waals surface area contributed by atoms with Gasteiger partial charge in [0.15, 0.2) is 21.0 Å². The summed E-state index contributed by atoms with van der Waals surface area (Å²) < 4.78 is 68.1. The van der Waals surface area contributed by atoms with Crippen LogP contribution in [0.25, 0.3) is 16.3 Å². The van der Waals surface area contributed by atoms with E-state index in [1.54, 1.807) is 6.92 Å². The lowest BCUT2D eigenvalue weighted by Crippen LogP contribution is -2.59. The molecule has 196 valence electrons. The van der Waals surface area contributed by atoms with Crippen molar-refractivity contribution < 1.29 is 31.8 Å². The van der Waals surface area contributed by atoms with E-state index < -0.39 is 33.1 Å². The Morgan fingerprint density at radius 2 is 2.11 bits per heavy atom. The van der Waals surface area contributed by atoms with Crippen LogP contribution in [0.5, 0.6) is 0 Å². The van der Waals surface area contributed by atoms with Gasteiger partial charge in [0.2, 0.25) is 10.0 Å². The fourth-order valence-electron chi connectivity index (χ4n) is 4.27. The van der Waals surface area contributed by atoms with Gasteiger partial charge in [0.25, 0.3) is 6.43 Å². The molecular weight excluding hydrogens is 542 g/mol. The van der Waals surface area contributed by atoms with Gasteiger partial charge in [-0.05, 0) is 19.9 Å². The summed E-state index contributed by atoms with van der Waals surface area (Å²) in [5, 5.41) is 16.6. The summed E-state index contributed by atoms with van der Waals surface area (Å²) >= 11 is 7.16. The highest BCUT2D eigenvalue weighted by Gasteiger charge is 2.39. The van der Waals surface area contributed by atoms with Crippen LogP contribution >= 0.6 is 22.9 Å². The Kier molecular flexibility index (Phi) is 6.68. The molecule has 5 heterocycles. The molecule has 16 heteroatoms. The zero-order valence-electron chi connectivity index (χ0n) is 19.2. The Bertz CT molecular complexity index is 1400. The van der Waals surface area contributed by atoms with Crippen molar-refractivity contribution >= 4 is 44.2 Å². The van der Waals surface area contributed by atoms with Crippen molar-refractivity contribution in [3.63, 3.8) is 0 Å². The number of pyridine rings is 1. The number of anilines is 1. The average molecular weight is 565 g/mol. The van der Waals surface area contributed by atoms with Gasteiger partial charge in [0.1, 0.15) is 10.4 Å². The van der Waals surface area contributed by atoms with E-state index in [9.17, 15) is 22.3 Å². The van der Waals surface area contributed by atoms with Crippen LogP contribution in [-0.2, 0) is 19.5 Å². The summed E-state index contributed by atoms with van der Waals surface area (Å²) in [6.07, 6.45) is -2.26. The van der Waals surface area contributed by atoms with Crippen molar-refractivity contribution in [1.29, 1.82) is 0 Å². The molecule has 3 aromatic heterocycles. The first-order chi connectivity index (χ1) is 17.0. The van der Waals surface area contributed by atoms with E-state index in [2.05, 4.69) is 19.9 Å². The number of morpholine rings is 1. The summed E-state index contributed by atoms with van der Waals surface area (Å²) in [6, 6.07) is 1.48. The normalized spacial score (nSPS) is 22.4. The molecule has 0 amide bonds. The van der Waals surface area contributed by atoms with Crippen LogP contribution in [0.2, 0.25) is 5.15 Å². The van der Waals surface area contributed by atoms with Crippen molar-refractivity contribution in [2.45, 2.75) is 42.9 Å². The Morgan fingerprint density at radius 3 is 2.72 bits per heavy atom. The van der Waals surface area contributed by atoms with Crippen molar-refractivity contribution in [2.75, 3.05) is 37.8 Å². The van der Waals surface area contributed by atoms with Crippen LogP contribution in [0.4, 0.5) is 14.5 Å². The molecule has 0 unspecified atom stereocenters. The summed E-state index contributed by atoms with van der Waals surface area (Å²) in [5.41, 5.74) is 0.0387. The maximum atomic E-state index is 13.4. The molecule has 0 aromatic carbocycles. The smallest absolute Gasteiger partial charge is 0.291 e. The molecule has 2 aliphatic heterocycles. The first kappa shape index (κ1) is 25.6. The maximum Gasteiger partial charge on any atom is 0.291 e. The second-order valence-corrected chi connectivity index (χ2v) is 12.1. The quantitative estimate of drug-likeness (QED) is 0.443. The van der Waals surface area contributed by atoms with Crippen LogP contribution < -0.4 is 9.62 Å². The van der Waals surface area contributed by atoms with Crippen molar-refractivity contribution in [2.24, 2.45) is 0 Å². The molecule has 2 fully saturated rings. The Labute approximate surface area is 214 Å². The van der Waals surface area contributed by atoms with Gasteiger partial charge in [-0.2, -0.15) is 0 Å². The second kappa shape index (κ2) is 9.38. The molecule has 11 nitrogen and oxygen atoms in total. The average Bonchev–Trinajstić information content (AvgIpc) is 3.42. The monoisotopic (exact) mass is 564 g/mol. The number of aliphatic hydroxyl groups excluding tert-OH is 1. The highest BCUT2D eigenvalue weighted by Crippen LogP contribution is 2.38. The van der Waals surface area contributed by atoms with E-state index in [-0.39, 0.29) is 53.3 Å². The van der Waals surface area contributed by atoms with E-state index >= 15 is 0 Å². The lowest BCUT2D eigenvalue weighted by molar-refractivity contribution is -0.0523. The second-order valence-electron chi connectivity index (χ2n) is 9.07. The number of halogens is 3. The Hall–Kier alpha value is -2.01. The number of ether oxygens (including phenoxy) is 2. The third kappa shape index (κ3) is 4.68. The topological polar surface area (TPSA) is 131 Å². The molecule has 0 spiro atoms. The molecule has 2 saturated heterocycles. The van der Waals surface area contributed by atoms with Gasteiger partial charge in [0.05, 0.1) is 43.3 Å². The number of rotatable bonds is 7. The van der Waals surface area contributed by atoms with E-state index in [0.717, 1.165) is 0 Å². The number of aliphatic hydroxyl groups is 1. The molecule has 36 heavy (non-hydrogen) atoms. The Morgan fingerprint density at radius 1 is 1.36 bits per heavy atom. The lowest BCUT2D eigenvalue weighted by atomic mass is 10.0. The van der Waals surface area contributed by atoms with Crippen molar-refractivity contribution in [3.05, 3.63) is 22.4 Å². The van der Waals surface area contributed by atoms with Crippen LogP contribution in [0.1, 0.15) is 25.3 Å². The minimum Gasteiger partial charge on any atom is -0.394 e. The third-order valence-corrected chi connectivity index (χ3v) is 8.66. The number of nitrogens with one attached hydrogen (secondary N) is 1. The summed E-state index contributed by atoms with van der Waals surface area (Å²) in [6.45, 7) is 4.45. The van der Waals surface area contributed by atoms with E-state index in [1.165, 1.54) is 16.7 Å². The minimum atomic E-state index is -4.04. The highest BCUT2D eigenvalue weighted by molar-refractivity contribution is 7.89. The molecule has 0 saturated carbocycles. The fraction of sp³-hybridized carbons (Fsp3) is 0.550. The third-order valence-electron chi connectivity index (χ3n) is 5.87. The van der Waals surface area contributed by atoms with Crippen LogP contribution in [0, 0.1) is 0 Å². The number of alkyl halides is 2.